The summed E-state index contributed by atoms with van der Waals surface area (Å²) in [6.45, 7) is 9.36. The van der Waals surface area contributed by atoms with Crippen molar-refractivity contribution in [3.05, 3.63) is 29.8 Å². The van der Waals surface area contributed by atoms with Gasteiger partial charge in [-0.25, -0.2) is 0 Å². The lowest BCUT2D eigenvalue weighted by Crippen LogP contribution is -2.47. The lowest BCUT2D eigenvalue weighted by Gasteiger charge is -2.39. The summed E-state index contributed by atoms with van der Waals surface area (Å²) in [7, 11) is 0. The Balaban J connectivity index is 2.18. The first kappa shape index (κ1) is 15.3. The molecule has 0 amide bonds. The van der Waals surface area contributed by atoms with Crippen molar-refractivity contribution in [3.63, 3.8) is 0 Å². The van der Waals surface area contributed by atoms with Crippen molar-refractivity contribution < 1.29 is 9.47 Å². The van der Waals surface area contributed by atoms with Crippen LogP contribution in [-0.2, 0) is 4.74 Å². The fourth-order valence-electron chi connectivity index (χ4n) is 2.73. The van der Waals surface area contributed by atoms with E-state index in [-0.39, 0.29) is 12.1 Å². The molecule has 1 aromatic carbocycles. The molecule has 112 valence electrons. The van der Waals surface area contributed by atoms with Crippen LogP contribution in [0.25, 0.3) is 0 Å². The zero-order valence-corrected chi connectivity index (χ0v) is 12.7. The molecule has 0 spiro atoms. The second kappa shape index (κ2) is 7.07. The molecule has 2 atom stereocenters. The summed E-state index contributed by atoms with van der Waals surface area (Å²) < 4.78 is 11.3. The summed E-state index contributed by atoms with van der Waals surface area (Å²) in [5.74, 6) is 0.914. The topological polar surface area (TPSA) is 47.7 Å². The van der Waals surface area contributed by atoms with Gasteiger partial charge in [0.1, 0.15) is 5.75 Å². The molecule has 1 aromatic rings. The molecule has 2 unspecified atom stereocenters. The summed E-state index contributed by atoms with van der Waals surface area (Å²) in [5.41, 5.74) is 7.25. The summed E-state index contributed by atoms with van der Waals surface area (Å²) in [5, 5.41) is 0. The van der Waals surface area contributed by atoms with E-state index in [0.29, 0.717) is 12.6 Å². The van der Waals surface area contributed by atoms with Crippen molar-refractivity contribution in [1.29, 1.82) is 0 Å². The maximum atomic E-state index is 6.03. The lowest BCUT2D eigenvalue weighted by molar-refractivity contribution is -0.0209. The van der Waals surface area contributed by atoms with Gasteiger partial charge in [0, 0.05) is 25.2 Å². The molecule has 4 nitrogen and oxygen atoms in total. The van der Waals surface area contributed by atoms with Gasteiger partial charge in [-0.05, 0) is 38.5 Å². The number of hydrogen-bond acceptors (Lipinski definition) is 4. The zero-order valence-electron chi connectivity index (χ0n) is 12.7. The van der Waals surface area contributed by atoms with Crippen LogP contribution in [0.4, 0.5) is 0 Å². The zero-order chi connectivity index (χ0) is 14.5. The number of ether oxygens (including phenoxy) is 2. The van der Waals surface area contributed by atoms with E-state index in [0.717, 1.165) is 25.5 Å². The van der Waals surface area contributed by atoms with Crippen molar-refractivity contribution >= 4 is 0 Å². The third-order valence-electron chi connectivity index (χ3n) is 3.66. The van der Waals surface area contributed by atoms with E-state index in [1.54, 1.807) is 0 Å². The molecule has 1 saturated heterocycles. The number of morpholine rings is 1. The highest BCUT2D eigenvalue weighted by Crippen LogP contribution is 2.27. The molecule has 1 heterocycles. The molecule has 0 radical (unpaired) electrons. The predicted molar refractivity (Wildman–Crippen MR) is 81.0 cm³/mol. The van der Waals surface area contributed by atoms with E-state index in [9.17, 15) is 0 Å². The van der Waals surface area contributed by atoms with Gasteiger partial charge in [-0.3, -0.25) is 4.90 Å². The van der Waals surface area contributed by atoms with Crippen LogP contribution < -0.4 is 10.5 Å². The molecule has 20 heavy (non-hydrogen) atoms. The Bertz CT molecular complexity index is 423. The van der Waals surface area contributed by atoms with Crippen LogP contribution in [0.3, 0.4) is 0 Å². The molecular weight excluding hydrogens is 252 g/mol. The van der Waals surface area contributed by atoms with Gasteiger partial charge >= 0.3 is 0 Å². The first-order valence-corrected chi connectivity index (χ1v) is 7.42. The summed E-state index contributed by atoms with van der Waals surface area (Å²) >= 11 is 0. The first-order chi connectivity index (χ1) is 9.61. The van der Waals surface area contributed by atoms with E-state index < -0.39 is 0 Å². The first-order valence-electron chi connectivity index (χ1n) is 7.42. The highest BCUT2D eigenvalue weighted by Gasteiger charge is 2.26. The van der Waals surface area contributed by atoms with Crippen molar-refractivity contribution in [2.75, 3.05) is 26.3 Å². The minimum absolute atomic E-state index is 0.184. The number of rotatable bonds is 5. The van der Waals surface area contributed by atoms with Gasteiger partial charge < -0.3 is 15.2 Å². The molecule has 1 fully saturated rings. The van der Waals surface area contributed by atoms with E-state index in [1.807, 2.05) is 26.0 Å². The number of hydrogen-bond donors (Lipinski definition) is 1. The second-order valence-electron chi connectivity index (χ2n) is 5.65. The fraction of sp³-hybridized carbons (Fsp3) is 0.625. The molecule has 1 aliphatic rings. The average Bonchev–Trinajstić information content (AvgIpc) is 2.41. The maximum absolute atomic E-state index is 6.03. The monoisotopic (exact) mass is 278 g/mol. The van der Waals surface area contributed by atoms with E-state index in [2.05, 4.69) is 24.0 Å². The number of nitrogens with two attached hydrogens (primary N) is 1. The van der Waals surface area contributed by atoms with E-state index in [4.69, 9.17) is 15.2 Å². The molecule has 1 aliphatic heterocycles. The highest BCUT2D eigenvalue weighted by atomic mass is 16.5. The van der Waals surface area contributed by atoms with Crippen molar-refractivity contribution in [2.45, 2.75) is 39.0 Å². The second-order valence-corrected chi connectivity index (χ2v) is 5.65. The minimum Gasteiger partial charge on any atom is -0.491 e. The van der Waals surface area contributed by atoms with Crippen LogP contribution in [0, 0.1) is 0 Å². The Morgan fingerprint density at radius 2 is 2.25 bits per heavy atom. The number of benzene rings is 1. The van der Waals surface area contributed by atoms with Gasteiger partial charge in [-0.1, -0.05) is 12.1 Å². The van der Waals surface area contributed by atoms with Crippen LogP contribution in [0.1, 0.15) is 32.4 Å². The van der Waals surface area contributed by atoms with Crippen molar-refractivity contribution in [3.8, 4) is 5.75 Å². The summed E-state index contributed by atoms with van der Waals surface area (Å²) in [6.07, 6.45) is 0.184. The van der Waals surface area contributed by atoms with Gasteiger partial charge in [-0.15, -0.1) is 0 Å². The quantitative estimate of drug-likeness (QED) is 0.897. The van der Waals surface area contributed by atoms with E-state index in [1.165, 1.54) is 5.56 Å². The predicted octanol–water partition coefficient (Wildman–Crippen LogP) is 2.19. The van der Waals surface area contributed by atoms with Gasteiger partial charge in [-0.2, -0.15) is 0 Å². The molecule has 0 aliphatic carbocycles. The molecule has 2 N–H and O–H groups in total. The average molecular weight is 278 g/mol. The van der Waals surface area contributed by atoms with Crippen LogP contribution in [0.5, 0.6) is 5.75 Å². The number of nitrogens with zero attached hydrogens (tertiary/aromatic N) is 1. The Morgan fingerprint density at radius 3 is 2.90 bits per heavy atom. The summed E-state index contributed by atoms with van der Waals surface area (Å²) in [4.78, 5) is 2.43. The Morgan fingerprint density at radius 1 is 1.45 bits per heavy atom. The molecule has 4 heteroatoms. The third kappa shape index (κ3) is 3.72. The molecule has 0 bridgehead atoms. The van der Waals surface area contributed by atoms with Gasteiger partial charge in [0.05, 0.1) is 19.3 Å². The molecule has 0 saturated carbocycles. The van der Waals surface area contributed by atoms with Crippen LogP contribution in [-0.4, -0.2) is 43.3 Å². The minimum atomic E-state index is 0.184. The van der Waals surface area contributed by atoms with Gasteiger partial charge in [0.25, 0.3) is 0 Å². The maximum Gasteiger partial charge on any atom is 0.120 e. The van der Waals surface area contributed by atoms with Crippen LogP contribution in [0.15, 0.2) is 24.3 Å². The van der Waals surface area contributed by atoms with Gasteiger partial charge in [0.15, 0.2) is 0 Å². The van der Waals surface area contributed by atoms with Gasteiger partial charge in [0.2, 0.25) is 0 Å². The molecule has 2 rings (SSSR count). The summed E-state index contributed by atoms with van der Waals surface area (Å²) in [6, 6.07) is 8.91. The largest absolute Gasteiger partial charge is 0.491 e. The standard InChI is InChI=1S/C16H26N2O2/c1-12(2)20-15-6-4-5-14(9-15)16(10-17)18-7-8-19-11-13(18)3/h4-6,9,12-13,16H,7-8,10-11,17H2,1-3H3. The van der Waals surface area contributed by atoms with E-state index >= 15 is 0 Å². The molecule has 0 aromatic heterocycles. The third-order valence-corrected chi connectivity index (χ3v) is 3.66. The van der Waals surface area contributed by atoms with Crippen LogP contribution >= 0.6 is 0 Å². The molecular formula is C16H26N2O2. The van der Waals surface area contributed by atoms with Crippen molar-refractivity contribution in [1.82, 2.24) is 4.90 Å². The fourth-order valence-corrected chi connectivity index (χ4v) is 2.73. The lowest BCUT2D eigenvalue weighted by atomic mass is 10.0. The highest BCUT2D eigenvalue weighted by molar-refractivity contribution is 5.31. The van der Waals surface area contributed by atoms with Crippen molar-refractivity contribution in [2.24, 2.45) is 5.73 Å². The van der Waals surface area contributed by atoms with Crippen LogP contribution in [0.2, 0.25) is 0 Å². The Labute approximate surface area is 121 Å². The SMILES string of the molecule is CC(C)Oc1cccc(C(CN)N2CCOCC2C)c1. The normalized spacial score (nSPS) is 21.9. The Hall–Kier alpha value is -1.10. The smallest absolute Gasteiger partial charge is 0.120 e. The Kier molecular flexibility index (Phi) is 5.40.